The van der Waals surface area contributed by atoms with Gasteiger partial charge in [-0.1, -0.05) is 6.92 Å². The first-order chi connectivity index (χ1) is 9.54. The van der Waals surface area contributed by atoms with Gasteiger partial charge in [0.2, 0.25) is 0 Å². The average Bonchev–Trinajstić information content (AvgIpc) is 2.99. The van der Waals surface area contributed by atoms with Gasteiger partial charge in [0.15, 0.2) is 15.8 Å². The molecule has 0 spiro atoms. The minimum Gasteiger partial charge on any atom is -0.381 e. The Morgan fingerprint density at radius 2 is 2.30 bits per heavy atom. The number of aromatic nitrogens is 2. The van der Waals surface area contributed by atoms with Crippen molar-refractivity contribution in [3.63, 3.8) is 0 Å². The standard InChI is InChI=1S/C12H18N4O2S2/c1-2-5-15(8-9-3-4-9)20(17,18)11-10(13)14-12-16(11)6-7-19-12/h6-7,9H,2-5,8,13H2,1H3. The Morgan fingerprint density at radius 3 is 2.95 bits per heavy atom. The van der Waals surface area contributed by atoms with Crippen LogP contribution in [0.4, 0.5) is 5.82 Å². The number of rotatable bonds is 6. The van der Waals surface area contributed by atoms with Crippen molar-refractivity contribution in [2.75, 3.05) is 18.8 Å². The van der Waals surface area contributed by atoms with Gasteiger partial charge < -0.3 is 5.73 Å². The molecule has 3 rings (SSSR count). The van der Waals surface area contributed by atoms with Gasteiger partial charge in [-0.05, 0) is 25.2 Å². The van der Waals surface area contributed by atoms with E-state index in [9.17, 15) is 8.42 Å². The summed E-state index contributed by atoms with van der Waals surface area (Å²) in [5, 5.41) is 1.93. The highest BCUT2D eigenvalue weighted by Gasteiger charge is 2.34. The normalized spacial score (nSPS) is 16.3. The molecule has 0 bridgehead atoms. The Balaban J connectivity index is 2.03. The SMILES string of the molecule is CCCN(CC1CC1)S(=O)(=O)c1c(N)nc2sccn12. The van der Waals surface area contributed by atoms with Crippen molar-refractivity contribution in [2.24, 2.45) is 5.92 Å². The third-order valence-corrected chi connectivity index (χ3v) is 6.12. The molecule has 0 radical (unpaired) electrons. The molecule has 20 heavy (non-hydrogen) atoms. The quantitative estimate of drug-likeness (QED) is 0.881. The topological polar surface area (TPSA) is 80.7 Å². The maximum atomic E-state index is 12.9. The molecular weight excluding hydrogens is 296 g/mol. The first-order valence-corrected chi connectivity index (χ1v) is 9.07. The van der Waals surface area contributed by atoms with Gasteiger partial charge in [0.25, 0.3) is 10.0 Å². The van der Waals surface area contributed by atoms with E-state index >= 15 is 0 Å². The fourth-order valence-electron chi connectivity index (χ4n) is 2.31. The van der Waals surface area contributed by atoms with E-state index in [1.165, 1.54) is 11.3 Å². The van der Waals surface area contributed by atoms with Crippen LogP contribution in [0.5, 0.6) is 0 Å². The number of nitrogen functional groups attached to an aromatic ring is 1. The van der Waals surface area contributed by atoms with Gasteiger partial charge >= 0.3 is 0 Å². The molecule has 0 amide bonds. The second-order valence-corrected chi connectivity index (χ2v) is 7.89. The highest BCUT2D eigenvalue weighted by atomic mass is 32.2. The lowest BCUT2D eigenvalue weighted by Gasteiger charge is -2.21. The molecule has 2 aromatic heterocycles. The predicted octanol–water partition coefficient (Wildman–Crippen LogP) is 1.79. The second-order valence-electron chi connectivity index (χ2n) is 5.16. The molecule has 8 heteroatoms. The van der Waals surface area contributed by atoms with Crippen molar-refractivity contribution >= 4 is 32.1 Å². The highest BCUT2D eigenvalue weighted by molar-refractivity contribution is 7.89. The lowest BCUT2D eigenvalue weighted by molar-refractivity contribution is 0.394. The molecule has 0 aromatic carbocycles. The number of sulfonamides is 1. The number of thiazole rings is 1. The molecule has 1 saturated carbocycles. The van der Waals surface area contributed by atoms with Crippen molar-refractivity contribution in [2.45, 2.75) is 31.2 Å². The molecule has 2 aromatic rings. The van der Waals surface area contributed by atoms with Gasteiger partial charge in [-0.25, -0.2) is 13.4 Å². The minimum atomic E-state index is -3.59. The zero-order chi connectivity index (χ0) is 14.3. The zero-order valence-electron chi connectivity index (χ0n) is 11.3. The molecule has 0 atom stereocenters. The monoisotopic (exact) mass is 314 g/mol. The summed E-state index contributed by atoms with van der Waals surface area (Å²) in [6.07, 6.45) is 4.73. The summed E-state index contributed by atoms with van der Waals surface area (Å²) in [7, 11) is -3.59. The lowest BCUT2D eigenvalue weighted by atomic mass is 10.4. The van der Waals surface area contributed by atoms with Crippen molar-refractivity contribution in [1.82, 2.24) is 13.7 Å². The summed E-state index contributed by atoms with van der Waals surface area (Å²) in [6.45, 7) is 3.10. The molecule has 6 nitrogen and oxygen atoms in total. The van der Waals surface area contributed by atoms with Crippen LogP contribution in [0.3, 0.4) is 0 Å². The van der Waals surface area contributed by atoms with Crippen molar-refractivity contribution < 1.29 is 8.42 Å². The second kappa shape index (κ2) is 5.01. The lowest BCUT2D eigenvalue weighted by Crippen LogP contribution is -2.34. The Bertz CT molecular complexity index is 715. The van der Waals surface area contributed by atoms with Crippen LogP contribution in [-0.4, -0.2) is 35.2 Å². The molecule has 1 fully saturated rings. The van der Waals surface area contributed by atoms with Crippen LogP contribution in [-0.2, 0) is 10.0 Å². The van der Waals surface area contributed by atoms with E-state index < -0.39 is 10.0 Å². The number of anilines is 1. The molecule has 2 N–H and O–H groups in total. The van der Waals surface area contributed by atoms with E-state index in [2.05, 4.69) is 4.98 Å². The first kappa shape index (κ1) is 13.8. The Hall–Kier alpha value is -1.12. The fraction of sp³-hybridized carbons (Fsp3) is 0.583. The van der Waals surface area contributed by atoms with E-state index in [1.807, 2.05) is 12.3 Å². The number of hydrogen-bond donors (Lipinski definition) is 1. The van der Waals surface area contributed by atoms with Gasteiger partial charge in [0, 0.05) is 24.7 Å². The predicted molar refractivity (Wildman–Crippen MR) is 79.3 cm³/mol. The van der Waals surface area contributed by atoms with Crippen LogP contribution in [0.2, 0.25) is 0 Å². The van der Waals surface area contributed by atoms with Gasteiger partial charge in [-0.15, -0.1) is 11.3 Å². The Labute approximate surface area is 122 Å². The summed E-state index contributed by atoms with van der Waals surface area (Å²) >= 11 is 1.38. The van der Waals surface area contributed by atoms with E-state index in [1.54, 1.807) is 14.9 Å². The minimum absolute atomic E-state index is 0.0914. The van der Waals surface area contributed by atoms with Crippen LogP contribution in [0.1, 0.15) is 26.2 Å². The molecule has 2 heterocycles. The summed E-state index contributed by atoms with van der Waals surface area (Å²) in [6, 6.07) is 0. The van der Waals surface area contributed by atoms with Gasteiger partial charge in [0.1, 0.15) is 0 Å². The zero-order valence-corrected chi connectivity index (χ0v) is 13.0. The van der Waals surface area contributed by atoms with Crippen LogP contribution < -0.4 is 5.73 Å². The van der Waals surface area contributed by atoms with Crippen molar-refractivity contribution in [3.05, 3.63) is 11.6 Å². The molecule has 0 saturated heterocycles. The van der Waals surface area contributed by atoms with Gasteiger partial charge in [-0.3, -0.25) is 4.40 Å². The first-order valence-electron chi connectivity index (χ1n) is 6.75. The van der Waals surface area contributed by atoms with E-state index in [0.717, 1.165) is 19.3 Å². The Kier molecular flexibility index (Phi) is 3.47. The molecule has 0 aliphatic heterocycles. The molecular formula is C12H18N4O2S2. The highest BCUT2D eigenvalue weighted by Crippen LogP contribution is 2.33. The molecule has 0 unspecified atom stereocenters. The number of fused-ring (bicyclic) bond motifs is 1. The average molecular weight is 314 g/mol. The molecule has 1 aliphatic rings. The maximum Gasteiger partial charge on any atom is 0.262 e. The van der Waals surface area contributed by atoms with Gasteiger partial charge in [0.05, 0.1) is 0 Å². The van der Waals surface area contributed by atoms with E-state index in [0.29, 0.717) is 24.0 Å². The smallest absolute Gasteiger partial charge is 0.262 e. The third kappa shape index (κ3) is 2.32. The summed E-state index contributed by atoms with van der Waals surface area (Å²) in [4.78, 5) is 4.74. The summed E-state index contributed by atoms with van der Waals surface area (Å²) in [5.41, 5.74) is 5.83. The molecule has 110 valence electrons. The fourth-order valence-corrected chi connectivity index (χ4v) is 4.87. The third-order valence-electron chi connectivity index (χ3n) is 3.46. The number of hydrogen-bond acceptors (Lipinski definition) is 5. The summed E-state index contributed by atoms with van der Waals surface area (Å²) in [5.74, 6) is 0.595. The number of imidazole rings is 1. The van der Waals surface area contributed by atoms with Crippen LogP contribution >= 0.6 is 11.3 Å². The van der Waals surface area contributed by atoms with E-state index in [4.69, 9.17) is 5.73 Å². The van der Waals surface area contributed by atoms with Crippen LogP contribution in [0.15, 0.2) is 16.6 Å². The van der Waals surface area contributed by atoms with Gasteiger partial charge in [-0.2, -0.15) is 4.31 Å². The van der Waals surface area contributed by atoms with Crippen LogP contribution in [0, 0.1) is 5.92 Å². The van der Waals surface area contributed by atoms with Crippen molar-refractivity contribution in [3.8, 4) is 0 Å². The largest absolute Gasteiger partial charge is 0.381 e. The Morgan fingerprint density at radius 1 is 1.55 bits per heavy atom. The van der Waals surface area contributed by atoms with E-state index in [-0.39, 0.29) is 10.8 Å². The summed E-state index contributed by atoms with van der Waals surface area (Å²) < 4.78 is 28.9. The maximum absolute atomic E-state index is 12.9. The number of nitrogens with two attached hydrogens (primary N) is 1. The van der Waals surface area contributed by atoms with Crippen molar-refractivity contribution in [1.29, 1.82) is 0 Å². The van der Waals surface area contributed by atoms with Crippen LogP contribution in [0.25, 0.3) is 4.96 Å². The molecule has 1 aliphatic carbocycles. The number of nitrogens with zero attached hydrogens (tertiary/aromatic N) is 3.